The number of benzene rings is 3. The molecule has 1 saturated heterocycles. The highest BCUT2D eigenvalue weighted by Crippen LogP contribution is 2.41. The molecule has 2 aromatic heterocycles. The minimum absolute atomic E-state index is 0.0249. The summed E-state index contributed by atoms with van der Waals surface area (Å²) < 4.78 is 10.7. The molecule has 5 aromatic rings. The number of nitrogens with zero attached hydrogens (tertiary/aromatic N) is 5. The van der Waals surface area contributed by atoms with Crippen LogP contribution in [0.25, 0.3) is 44.2 Å². The monoisotopic (exact) mass is 831 g/mol. The summed E-state index contributed by atoms with van der Waals surface area (Å²) in [5.74, 6) is -1.57. The molecule has 3 amide bonds. The van der Waals surface area contributed by atoms with E-state index in [0.717, 1.165) is 57.5 Å². The average Bonchev–Trinajstić information content (AvgIpc) is 3.69. The topological polar surface area (TPSA) is 141 Å². The molecule has 2 aliphatic heterocycles. The molecule has 13 nitrogen and oxygen atoms in total. The van der Waals surface area contributed by atoms with Gasteiger partial charge in [0, 0.05) is 73.2 Å². The van der Waals surface area contributed by atoms with Crippen molar-refractivity contribution in [2.45, 2.75) is 91.5 Å². The molecular formula is C48H61N7O6. The van der Waals surface area contributed by atoms with Crippen LogP contribution in [0, 0.1) is 11.3 Å². The molecule has 7 rings (SSSR count). The SMILES string of the molecule is CCn1c(-c2ccc3cc(CN(C)C)n(C)c3c2)c2c3cc(ccc31)-c1cc(O)cc(c1)C[C@H](NC(=O)[C@H](C(C)C)N(C)C=O)C(=O)N1CCC[C@H](N1)C(=O)OCC(C)(C)C2. The standard InChI is InChI=1S/C48H61N7O6/c1-10-54-41-16-15-31-23-37(41)38(44(54)33-14-13-32-21-35(26-51(6)7)53(9)42(32)24-33)25-48(4,5)27-61-47(60)39-12-11-17-55(50-39)46(59)40(20-30-18-34(31)22-36(57)19-30)49-45(58)43(29(2)3)52(8)28-56/h13-16,18-19,21-24,28-29,39-40,43,50,57H,10-12,17,20,25-27H2,1-9H3,(H,49,58)/t39-,40-,43-/m0/s1. The maximum absolute atomic E-state index is 14.4. The number of cyclic esters (lactones) is 1. The molecule has 13 heteroatoms. The molecule has 0 unspecified atom stereocenters. The second kappa shape index (κ2) is 17.4. The number of aromatic hydroxyl groups is 1. The van der Waals surface area contributed by atoms with Crippen LogP contribution in [0.3, 0.4) is 0 Å². The third-order valence-corrected chi connectivity index (χ3v) is 12.2. The van der Waals surface area contributed by atoms with Crippen molar-refractivity contribution in [3.05, 3.63) is 77.5 Å². The lowest BCUT2D eigenvalue weighted by Gasteiger charge is -2.36. The Hall–Kier alpha value is -5.66. The molecule has 6 bridgehead atoms. The maximum atomic E-state index is 14.4. The quantitative estimate of drug-likeness (QED) is 0.121. The molecular weight excluding hydrogens is 771 g/mol. The van der Waals surface area contributed by atoms with Gasteiger partial charge in [-0.05, 0) is 110 Å². The van der Waals surface area contributed by atoms with Crippen LogP contribution in [0.5, 0.6) is 5.75 Å². The fraction of sp³-hybridized carbons (Fsp3) is 0.458. The highest BCUT2D eigenvalue weighted by molar-refractivity contribution is 5.97. The summed E-state index contributed by atoms with van der Waals surface area (Å²) in [6.07, 6.45) is 2.27. The van der Waals surface area contributed by atoms with Gasteiger partial charge in [-0.2, -0.15) is 0 Å². The largest absolute Gasteiger partial charge is 0.508 e. The fourth-order valence-corrected chi connectivity index (χ4v) is 9.33. The van der Waals surface area contributed by atoms with Crippen LogP contribution in [-0.4, -0.2) is 106 Å². The van der Waals surface area contributed by atoms with E-state index in [1.54, 1.807) is 12.1 Å². The molecule has 2 aliphatic rings. The number of nitrogens with one attached hydrogen (secondary N) is 2. The van der Waals surface area contributed by atoms with E-state index in [1.165, 1.54) is 28.0 Å². The van der Waals surface area contributed by atoms with E-state index >= 15 is 0 Å². The summed E-state index contributed by atoms with van der Waals surface area (Å²) in [4.78, 5) is 57.4. The van der Waals surface area contributed by atoms with Gasteiger partial charge in [0.2, 0.25) is 12.3 Å². The second-order valence-corrected chi connectivity index (χ2v) is 18.4. The van der Waals surface area contributed by atoms with Crippen molar-refractivity contribution >= 4 is 46.0 Å². The molecule has 0 aliphatic carbocycles. The number of aromatic nitrogens is 2. The van der Waals surface area contributed by atoms with Crippen LogP contribution in [0.2, 0.25) is 0 Å². The predicted octanol–water partition coefficient (Wildman–Crippen LogP) is 6.02. The van der Waals surface area contributed by atoms with Crippen LogP contribution in [0.4, 0.5) is 0 Å². The first-order valence-electron chi connectivity index (χ1n) is 21.4. The number of phenolic OH excluding ortho intramolecular Hbond substituents is 1. The first kappa shape index (κ1) is 43.4. The van der Waals surface area contributed by atoms with Gasteiger partial charge >= 0.3 is 5.97 Å². The average molecular weight is 832 g/mol. The van der Waals surface area contributed by atoms with Gasteiger partial charge in [0.05, 0.1) is 12.3 Å². The number of rotatable bonds is 9. The number of aryl methyl sites for hydroxylation is 2. The Balaban J connectivity index is 1.39. The van der Waals surface area contributed by atoms with E-state index in [4.69, 9.17) is 4.74 Å². The summed E-state index contributed by atoms with van der Waals surface area (Å²) in [7, 11) is 7.81. The van der Waals surface area contributed by atoms with Crippen molar-refractivity contribution in [2.75, 3.05) is 34.3 Å². The number of amides is 3. The number of hydrazine groups is 1. The third kappa shape index (κ3) is 8.90. The zero-order valence-corrected chi connectivity index (χ0v) is 37.0. The summed E-state index contributed by atoms with van der Waals surface area (Å²) in [6, 6.07) is 17.9. The lowest BCUT2D eigenvalue weighted by molar-refractivity contribution is -0.155. The Labute approximate surface area is 358 Å². The normalized spacial score (nSPS) is 19.0. The molecule has 61 heavy (non-hydrogen) atoms. The van der Waals surface area contributed by atoms with Crippen molar-refractivity contribution in [2.24, 2.45) is 18.4 Å². The Morgan fingerprint density at radius 2 is 1.77 bits per heavy atom. The van der Waals surface area contributed by atoms with Gasteiger partial charge in [0.15, 0.2) is 0 Å². The summed E-state index contributed by atoms with van der Waals surface area (Å²) in [5.41, 5.74) is 11.7. The van der Waals surface area contributed by atoms with Crippen molar-refractivity contribution in [1.29, 1.82) is 0 Å². The zero-order valence-electron chi connectivity index (χ0n) is 37.0. The lowest BCUT2D eigenvalue weighted by atomic mass is 9.84. The van der Waals surface area contributed by atoms with Crippen molar-refractivity contribution in [1.82, 2.24) is 34.7 Å². The fourth-order valence-electron chi connectivity index (χ4n) is 9.33. The number of ether oxygens (including phenoxy) is 1. The summed E-state index contributed by atoms with van der Waals surface area (Å²) in [6.45, 7) is 12.1. The van der Waals surface area contributed by atoms with Gasteiger partial charge in [-0.1, -0.05) is 52.0 Å². The Bertz CT molecular complexity index is 2480. The zero-order chi connectivity index (χ0) is 43.9. The lowest BCUT2D eigenvalue weighted by Crippen LogP contribution is -2.61. The van der Waals surface area contributed by atoms with Gasteiger partial charge in [0.25, 0.3) is 5.91 Å². The molecule has 324 valence electrons. The molecule has 0 saturated carbocycles. The molecule has 1 fully saturated rings. The van der Waals surface area contributed by atoms with Crippen LogP contribution in [-0.2, 0) is 56.9 Å². The number of carbonyl (C=O) groups excluding carboxylic acids is 4. The maximum Gasteiger partial charge on any atom is 0.324 e. The van der Waals surface area contributed by atoms with E-state index in [0.29, 0.717) is 37.8 Å². The molecule has 3 aromatic carbocycles. The number of carbonyl (C=O) groups is 4. The van der Waals surface area contributed by atoms with E-state index in [9.17, 15) is 24.3 Å². The van der Waals surface area contributed by atoms with E-state index in [1.807, 2.05) is 19.9 Å². The number of hydrogen-bond donors (Lipinski definition) is 3. The third-order valence-electron chi connectivity index (χ3n) is 12.2. The molecule has 4 heterocycles. The van der Waals surface area contributed by atoms with Crippen molar-refractivity contribution < 1.29 is 29.0 Å². The van der Waals surface area contributed by atoms with Crippen molar-refractivity contribution in [3.63, 3.8) is 0 Å². The summed E-state index contributed by atoms with van der Waals surface area (Å²) >= 11 is 0. The second-order valence-electron chi connectivity index (χ2n) is 18.4. The van der Waals surface area contributed by atoms with Crippen molar-refractivity contribution in [3.8, 4) is 28.1 Å². The number of likely N-dealkylation sites (N-methyl/N-ethyl adjacent to an activating group) is 1. The minimum atomic E-state index is -1.08. The van der Waals surface area contributed by atoms with E-state index in [-0.39, 0.29) is 24.7 Å². The predicted molar refractivity (Wildman–Crippen MR) is 238 cm³/mol. The highest BCUT2D eigenvalue weighted by atomic mass is 16.5. The van der Waals surface area contributed by atoms with Gasteiger partial charge < -0.3 is 34.1 Å². The number of hydrogen-bond acceptors (Lipinski definition) is 8. The summed E-state index contributed by atoms with van der Waals surface area (Å²) in [5, 5.41) is 17.8. The molecule has 0 spiro atoms. The first-order chi connectivity index (χ1) is 29.0. The smallest absolute Gasteiger partial charge is 0.324 e. The highest BCUT2D eigenvalue weighted by Gasteiger charge is 2.37. The number of phenols is 1. The van der Waals surface area contributed by atoms with Crippen LogP contribution >= 0.6 is 0 Å². The molecule has 0 radical (unpaired) electrons. The minimum Gasteiger partial charge on any atom is -0.508 e. The Morgan fingerprint density at radius 1 is 1.02 bits per heavy atom. The number of esters is 1. The van der Waals surface area contributed by atoms with Crippen LogP contribution in [0.1, 0.15) is 64.3 Å². The Morgan fingerprint density at radius 3 is 2.48 bits per heavy atom. The van der Waals surface area contributed by atoms with E-state index in [2.05, 4.69) is 109 Å². The van der Waals surface area contributed by atoms with E-state index < -0.39 is 41.3 Å². The van der Waals surface area contributed by atoms with Crippen LogP contribution < -0.4 is 10.7 Å². The van der Waals surface area contributed by atoms with Gasteiger partial charge in [-0.3, -0.25) is 24.2 Å². The van der Waals surface area contributed by atoms with Gasteiger partial charge in [-0.25, -0.2) is 5.43 Å². The van der Waals surface area contributed by atoms with Crippen LogP contribution in [0.15, 0.2) is 60.7 Å². The first-order valence-corrected chi connectivity index (χ1v) is 21.4. The molecule has 3 atom stereocenters. The number of fused-ring (bicyclic) bond motifs is 7. The van der Waals surface area contributed by atoms with Gasteiger partial charge in [0.1, 0.15) is 23.9 Å². The Kier molecular flexibility index (Phi) is 12.4. The van der Waals surface area contributed by atoms with Gasteiger partial charge in [-0.15, -0.1) is 0 Å². The molecule has 3 N–H and O–H groups in total.